The summed E-state index contributed by atoms with van der Waals surface area (Å²) in [4.78, 5) is 40.2. The number of ether oxygens (including phenoxy) is 2. The molecule has 2 rings (SSSR count). The minimum Gasteiger partial charge on any atom is -0.492 e. The van der Waals surface area contributed by atoms with Crippen LogP contribution in [0.2, 0.25) is 0 Å². The van der Waals surface area contributed by atoms with Crippen molar-refractivity contribution in [3.63, 3.8) is 0 Å². The largest absolute Gasteiger partial charge is 0.492 e. The number of nitrogens with one attached hydrogen (secondary N) is 1. The number of rotatable bonds is 8. The molecule has 0 radical (unpaired) electrons. The van der Waals surface area contributed by atoms with Crippen LogP contribution in [0.5, 0.6) is 5.75 Å². The second-order valence-electron chi connectivity index (χ2n) is 10.8. The Bertz CT molecular complexity index is 884. The summed E-state index contributed by atoms with van der Waals surface area (Å²) in [6.07, 6.45) is 0.711. The van der Waals surface area contributed by atoms with Crippen molar-refractivity contribution in [3.8, 4) is 5.75 Å². The van der Waals surface area contributed by atoms with Gasteiger partial charge in [0.2, 0.25) is 11.8 Å². The molecule has 0 aromatic heterocycles. The molecule has 1 N–H and O–H groups in total. The molecule has 1 aliphatic heterocycles. The summed E-state index contributed by atoms with van der Waals surface area (Å²) in [5.41, 5.74) is 0.723. The Hall–Kier alpha value is -2.29. The van der Waals surface area contributed by atoms with E-state index < -0.39 is 11.7 Å². The first-order chi connectivity index (χ1) is 16.3. The van der Waals surface area contributed by atoms with Crippen LogP contribution in [0, 0.1) is 0 Å². The first-order valence-electron chi connectivity index (χ1n) is 12.2. The van der Waals surface area contributed by atoms with Gasteiger partial charge in [0.05, 0.1) is 11.1 Å². The molecule has 1 aromatic rings. The van der Waals surface area contributed by atoms with Gasteiger partial charge in [0.1, 0.15) is 11.4 Å². The lowest BCUT2D eigenvalue weighted by Gasteiger charge is -2.35. The van der Waals surface area contributed by atoms with Crippen molar-refractivity contribution in [2.45, 2.75) is 71.8 Å². The molecule has 196 valence electrons. The Kier molecular flexibility index (Phi) is 10.4. The van der Waals surface area contributed by atoms with E-state index in [1.807, 2.05) is 6.07 Å². The predicted molar refractivity (Wildman–Crippen MR) is 140 cm³/mol. The summed E-state index contributed by atoms with van der Waals surface area (Å²) < 4.78 is 11.9. The summed E-state index contributed by atoms with van der Waals surface area (Å²) in [5, 5.41) is 2.60. The third kappa shape index (κ3) is 10.1. The minimum absolute atomic E-state index is 0.0374. The van der Waals surface area contributed by atoms with Gasteiger partial charge >= 0.3 is 6.09 Å². The number of benzene rings is 1. The standard InChI is InChI=1S/C26H40BrN3O5/c1-25(2,3)19-9-10-21(20(27)18-19)34-17-7-8-22(31)29-13-15-30(16-14-29)23(32)11-12-28-24(33)35-26(4,5)6/h9-10,18H,7-8,11-17H2,1-6H3,(H,28,33). The van der Waals surface area contributed by atoms with E-state index in [1.165, 1.54) is 5.56 Å². The topological polar surface area (TPSA) is 88.2 Å². The van der Waals surface area contributed by atoms with Crippen molar-refractivity contribution in [1.82, 2.24) is 15.1 Å². The van der Waals surface area contributed by atoms with Crippen LogP contribution in [0.15, 0.2) is 22.7 Å². The fourth-order valence-corrected chi connectivity index (χ4v) is 4.09. The van der Waals surface area contributed by atoms with Crippen LogP contribution in [0.1, 0.15) is 66.4 Å². The predicted octanol–water partition coefficient (Wildman–Crippen LogP) is 4.49. The van der Waals surface area contributed by atoms with Crippen LogP contribution in [-0.4, -0.2) is 72.6 Å². The molecule has 8 nitrogen and oxygen atoms in total. The van der Waals surface area contributed by atoms with Gasteiger partial charge in [0.25, 0.3) is 0 Å². The molecule has 35 heavy (non-hydrogen) atoms. The molecule has 9 heteroatoms. The molecular weight excluding hydrogens is 514 g/mol. The van der Waals surface area contributed by atoms with Crippen LogP contribution in [-0.2, 0) is 19.7 Å². The zero-order valence-electron chi connectivity index (χ0n) is 21.9. The smallest absolute Gasteiger partial charge is 0.407 e. The molecule has 0 bridgehead atoms. The van der Waals surface area contributed by atoms with Crippen molar-refractivity contribution >= 4 is 33.8 Å². The van der Waals surface area contributed by atoms with E-state index in [-0.39, 0.29) is 30.2 Å². The van der Waals surface area contributed by atoms with Gasteiger partial charge in [-0.1, -0.05) is 26.8 Å². The Balaban J connectivity index is 1.64. The highest BCUT2D eigenvalue weighted by atomic mass is 79.9. The molecule has 1 aromatic carbocycles. The number of hydrogen-bond donors (Lipinski definition) is 1. The maximum absolute atomic E-state index is 12.6. The highest BCUT2D eigenvalue weighted by Crippen LogP contribution is 2.31. The molecule has 0 saturated carbocycles. The number of hydrogen-bond acceptors (Lipinski definition) is 5. The Labute approximate surface area is 217 Å². The normalized spacial score (nSPS) is 14.5. The molecule has 0 aliphatic carbocycles. The van der Waals surface area contributed by atoms with Crippen molar-refractivity contribution in [3.05, 3.63) is 28.2 Å². The van der Waals surface area contributed by atoms with Gasteiger partial charge in [0.15, 0.2) is 0 Å². The molecule has 1 aliphatic rings. The van der Waals surface area contributed by atoms with Crippen molar-refractivity contribution < 1.29 is 23.9 Å². The lowest BCUT2D eigenvalue weighted by atomic mass is 9.87. The second kappa shape index (κ2) is 12.6. The van der Waals surface area contributed by atoms with E-state index in [0.717, 1.165) is 10.2 Å². The molecule has 1 heterocycles. The van der Waals surface area contributed by atoms with Crippen molar-refractivity contribution in [2.75, 3.05) is 39.3 Å². The molecule has 0 spiro atoms. The lowest BCUT2D eigenvalue weighted by Crippen LogP contribution is -2.51. The van der Waals surface area contributed by atoms with Gasteiger partial charge in [-0.05, 0) is 66.2 Å². The summed E-state index contributed by atoms with van der Waals surface area (Å²) in [5.74, 6) is 0.817. The van der Waals surface area contributed by atoms with Gasteiger partial charge in [-0.3, -0.25) is 9.59 Å². The zero-order chi connectivity index (χ0) is 26.2. The average Bonchev–Trinajstić information content (AvgIpc) is 2.75. The summed E-state index contributed by atoms with van der Waals surface area (Å²) in [6, 6.07) is 6.11. The number of carbonyl (C=O) groups is 3. The Morgan fingerprint density at radius 3 is 2.03 bits per heavy atom. The Morgan fingerprint density at radius 2 is 1.51 bits per heavy atom. The van der Waals surface area contributed by atoms with Crippen LogP contribution < -0.4 is 10.1 Å². The number of nitrogens with zero attached hydrogens (tertiary/aromatic N) is 2. The number of piperazine rings is 1. The third-order valence-electron chi connectivity index (χ3n) is 5.58. The van der Waals surface area contributed by atoms with E-state index in [1.54, 1.807) is 30.6 Å². The van der Waals surface area contributed by atoms with Crippen LogP contribution in [0.25, 0.3) is 0 Å². The number of halogens is 1. The molecule has 0 unspecified atom stereocenters. The lowest BCUT2D eigenvalue weighted by molar-refractivity contribution is -0.139. The van der Waals surface area contributed by atoms with Crippen molar-refractivity contribution in [1.29, 1.82) is 0 Å². The van der Waals surface area contributed by atoms with Crippen molar-refractivity contribution in [2.24, 2.45) is 0 Å². The fraction of sp³-hybridized carbons (Fsp3) is 0.654. The maximum Gasteiger partial charge on any atom is 0.407 e. The molecule has 0 atom stereocenters. The second-order valence-corrected chi connectivity index (χ2v) is 11.6. The first kappa shape index (κ1) is 28.9. The minimum atomic E-state index is -0.572. The van der Waals surface area contributed by atoms with Crippen LogP contribution in [0.4, 0.5) is 4.79 Å². The summed E-state index contributed by atoms with van der Waals surface area (Å²) in [6.45, 7) is 14.6. The SMILES string of the molecule is CC(C)(C)OC(=O)NCCC(=O)N1CCN(C(=O)CCCOc2ccc(C(C)(C)C)cc2Br)CC1. The van der Waals surface area contributed by atoms with E-state index in [9.17, 15) is 14.4 Å². The number of amides is 3. The van der Waals surface area contributed by atoms with Gasteiger partial charge in [0, 0.05) is 45.6 Å². The monoisotopic (exact) mass is 553 g/mol. The highest BCUT2D eigenvalue weighted by Gasteiger charge is 2.24. The Morgan fingerprint density at radius 1 is 0.943 bits per heavy atom. The maximum atomic E-state index is 12.6. The van der Waals surface area contributed by atoms with E-state index in [2.05, 4.69) is 54.2 Å². The third-order valence-corrected chi connectivity index (χ3v) is 6.20. The molecule has 1 saturated heterocycles. The first-order valence-corrected chi connectivity index (χ1v) is 13.0. The van der Waals surface area contributed by atoms with Gasteiger partial charge in [-0.2, -0.15) is 0 Å². The molecule has 3 amide bonds. The zero-order valence-corrected chi connectivity index (χ0v) is 23.5. The quantitative estimate of drug-likeness (QED) is 0.479. The van der Waals surface area contributed by atoms with E-state index >= 15 is 0 Å². The van der Waals surface area contributed by atoms with Crippen LogP contribution >= 0.6 is 15.9 Å². The highest BCUT2D eigenvalue weighted by molar-refractivity contribution is 9.10. The van der Waals surface area contributed by atoms with Gasteiger partial charge in [-0.25, -0.2) is 4.79 Å². The summed E-state index contributed by atoms with van der Waals surface area (Å²) in [7, 11) is 0. The number of alkyl carbamates (subject to hydrolysis) is 1. The number of carbonyl (C=O) groups excluding carboxylic acids is 3. The average molecular weight is 555 g/mol. The molecule has 1 fully saturated rings. The van der Waals surface area contributed by atoms with Crippen LogP contribution in [0.3, 0.4) is 0 Å². The van der Waals surface area contributed by atoms with E-state index in [0.29, 0.717) is 45.6 Å². The molecular formula is C26H40BrN3O5. The van der Waals surface area contributed by atoms with E-state index in [4.69, 9.17) is 9.47 Å². The summed E-state index contributed by atoms with van der Waals surface area (Å²) >= 11 is 3.58. The van der Waals surface area contributed by atoms with Gasteiger partial charge < -0.3 is 24.6 Å². The van der Waals surface area contributed by atoms with Gasteiger partial charge in [-0.15, -0.1) is 0 Å². The fourth-order valence-electron chi connectivity index (χ4n) is 3.60.